The van der Waals surface area contributed by atoms with Crippen LogP contribution in [0.4, 0.5) is 0 Å². The third kappa shape index (κ3) is 1.47. The highest BCUT2D eigenvalue weighted by Gasteiger charge is 2.03. The number of nitrogens with one attached hydrogen (secondary N) is 1. The first-order chi connectivity index (χ1) is 4.18. The van der Waals surface area contributed by atoms with E-state index in [0.29, 0.717) is 0 Å². The Labute approximate surface area is 55.0 Å². The molecule has 9 heavy (non-hydrogen) atoms. The molecule has 0 bridgehead atoms. The van der Waals surface area contributed by atoms with Crippen LogP contribution in [0.25, 0.3) is 0 Å². The molecule has 0 saturated carbocycles. The van der Waals surface area contributed by atoms with Crippen LogP contribution < -0.4 is 21.3 Å². The zero-order valence-corrected chi connectivity index (χ0v) is 5.47. The molecule has 52 valence electrons. The fourth-order valence-corrected chi connectivity index (χ4v) is 1.02. The molecule has 1 heterocycles. The third-order valence-electron chi connectivity index (χ3n) is 0.674. The van der Waals surface area contributed by atoms with Gasteiger partial charge in [-0.05, 0) is 11.5 Å². The van der Waals surface area contributed by atoms with Crippen LogP contribution >= 0.6 is 11.5 Å². The molecule has 0 spiro atoms. The van der Waals surface area contributed by atoms with Gasteiger partial charge in [0.2, 0.25) is 11.9 Å². The van der Waals surface area contributed by atoms with Gasteiger partial charge in [0, 0.05) is 0 Å². The second-order valence-corrected chi connectivity index (χ2v) is 2.52. The number of nitrogens with two attached hydrogens (primary N) is 3. The van der Waals surface area contributed by atoms with E-state index >= 15 is 0 Å². The van der Waals surface area contributed by atoms with Gasteiger partial charge >= 0.3 is 0 Å². The van der Waals surface area contributed by atoms with Gasteiger partial charge in [-0.15, -0.1) is 0 Å². The summed E-state index contributed by atoms with van der Waals surface area (Å²) >= 11 is -1.11. The van der Waals surface area contributed by atoms with Crippen molar-refractivity contribution in [2.75, 3.05) is 0 Å². The molecular formula is C2H8N6S. The SMILES string of the molecule is NC1=N[SH](N)NC(N)=N1. The number of rotatable bonds is 0. The first kappa shape index (κ1) is 6.17. The van der Waals surface area contributed by atoms with E-state index in [9.17, 15) is 0 Å². The minimum atomic E-state index is -1.11. The van der Waals surface area contributed by atoms with Crippen molar-refractivity contribution in [2.45, 2.75) is 0 Å². The van der Waals surface area contributed by atoms with Crippen LogP contribution in [0.5, 0.6) is 0 Å². The number of thiol groups is 1. The maximum absolute atomic E-state index is 5.34. The minimum absolute atomic E-state index is 0.139. The topological polar surface area (TPSA) is 115 Å². The predicted molar refractivity (Wildman–Crippen MR) is 39.6 cm³/mol. The molecule has 0 aromatic heterocycles. The average molecular weight is 148 g/mol. The summed E-state index contributed by atoms with van der Waals surface area (Å²) < 4.78 is 6.30. The van der Waals surface area contributed by atoms with Crippen molar-refractivity contribution in [3.63, 3.8) is 0 Å². The molecule has 7 N–H and O–H groups in total. The quantitative estimate of drug-likeness (QED) is 0.254. The molecule has 1 unspecified atom stereocenters. The summed E-state index contributed by atoms with van der Waals surface area (Å²) in [5, 5.41) is 5.34. The van der Waals surface area contributed by atoms with Crippen molar-refractivity contribution in [1.29, 1.82) is 0 Å². The van der Waals surface area contributed by atoms with Gasteiger partial charge in [-0.1, -0.05) is 0 Å². The standard InChI is InChI=1S/C2H8N6S/c3-1-6-2(4)8-9(5)7-1/h9H,5H2,(H5,3,4,6,7,8). The molecule has 1 atom stereocenters. The van der Waals surface area contributed by atoms with E-state index in [-0.39, 0.29) is 11.9 Å². The fourth-order valence-electron chi connectivity index (χ4n) is 0.424. The summed E-state index contributed by atoms with van der Waals surface area (Å²) in [7, 11) is 0. The van der Waals surface area contributed by atoms with Gasteiger partial charge in [0.15, 0.2) is 0 Å². The molecule has 0 aromatic carbocycles. The summed E-state index contributed by atoms with van der Waals surface area (Å²) in [4.78, 5) is 3.58. The second kappa shape index (κ2) is 2.11. The maximum Gasteiger partial charge on any atom is 0.231 e. The monoisotopic (exact) mass is 148 g/mol. The van der Waals surface area contributed by atoms with E-state index in [4.69, 9.17) is 16.6 Å². The molecule has 6 nitrogen and oxygen atoms in total. The Morgan fingerprint density at radius 1 is 1.44 bits per heavy atom. The largest absolute Gasteiger partial charge is 0.369 e. The van der Waals surface area contributed by atoms with Crippen molar-refractivity contribution >= 4 is 23.4 Å². The molecule has 0 saturated heterocycles. The molecular weight excluding hydrogens is 140 g/mol. The zero-order chi connectivity index (χ0) is 6.85. The van der Waals surface area contributed by atoms with E-state index in [2.05, 4.69) is 14.1 Å². The average Bonchev–Trinajstić information content (AvgIpc) is 1.59. The Hall–Kier alpha value is -0.950. The number of aliphatic imine (C=N–C) groups is 1. The van der Waals surface area contributed by atoms with E-state index in [1.807, 2.05) is 0 Å². The molecule has 0 aliphatic carbocycles. The molecule has 1 aliphatic rings. The summed E-state index contributed by atoms with van der Waals surface area (Å²) in [6.07, 6.45) is 0. The van der Waals surface area contributed by atoms with E-state index in [1.165, 1.54) is 0 Å². The van der Waals surface area contributed by atoms with Gasteiger partial charge in [-0.25, -0.2) is 0 Å². The van der Waals surface area contributed by atoms with Gasteiger partial charge in [0.25, 0.3) is 0 Å². The molecule has 1 aliphatic heterocycles. The first-order valence-corrected chi connectivity index (χ1v) is 3.54. The van der Waals surface area contributed by atoms with Crippen molar-refractivity contribution in [3.8, 4) is 0 Å². The van der Waals surface area contributed by atoms with Gasteiger partial charge in [0.05, 0.1) is 0 Å². The summed E-state index contributed by atoms with van der Waals surface area (Å²) in [6, 6.07) is 0. The van der Waals surface area contributed by atoms with Crippen molar-refractivity contribution in [1.82, 2.24) is 4.72 Å². The van der Waals surface area contributed by atoms with Crippen LogP contribution in [0.15, 0.2) is 9.39 Å². The van der Waals surface area contributed by atoms with Crippen LogP contribution in [-0.2, 0) is 0 Å². The van der Waals surface area contributed by atoms with Crippen molar-refractivity contribution in [3.05, 3.63) is 0 Å². The minimum Gasteiger partial charge on any atom is -0.369 e. The molecule has 0 amide bonds. The van der Waals surface area contributed by atoms with Gasteiger partial charge in [-0.2, -0.15) is 9.39 Å². The lowest BCUT2D eigenvalue weighted by atomic mass is 11.0. The highest BCUT2D eigenvalue weighted by molar-refractivity contribution is 8.12. The summed E-state index contributed by atoms with van der Waals surface area (Å²) in [5.74, 6) is 0.371. The summed E-state index contributed by atoms with van der Waals surface area (Å²) in [6.45, 7) is 0. The van der Waals surface area contributed by atoms with Crippen LogP contribution in [0.3, 0.4) is 0 Å². The number of hydrogen-bond donors (Lipinski definition) is 5. The van der Waals surface area contributed by atoms with Gasteiger partial charge in [-0.3, -0.25) is 9.86 Å². The Balaban J connectivity index is 2.74. The Morgan fingerprint density at radius 3 is 2.56 bits per heavy atom. The predicted octanol–water partition coefficient (Wildman–Crippen LogP) is -2.08. The lowest BCUT2D eigenvalue weighted by Gasteiger charge is -2.16. The third-order valence-corrected chi connectivity index (χ3v) is 1.55. The Kier molecular flexibility index (Phi) is 1.45. The number of hydrogen-bond acceptors (Lipinski definition) is 6. The van der Waals surface area contributed by atoms with Gasteiger partial charge < -0.3 is 11.5 Å². The highest BCUT2D eigenvalue weighted by Crippen LogP contribution is 2.11. The van der Waals surface area contributed by atoms with Crippen molar-refractivity contribution < 1.29 is 0 Å². The van der Waals surface area contributed by atoms with Crippen LogP contribution in [0, 0.1) is 0 Å². The van der Waals surface area contributed by atoms with E-state index in [0.717, 1.165) is 0 Å². The molecule has 7 heteroatoms. The smallest absolute Gasteiger partial charge is 0.231 e. The number of nitrogens with zero attached hydrogens (tertiary/aromatic N) is 2. The maximum atomic E-state index is 5.34. The first-order valence-electron chi connectivity index (χ1n) is 2.18. The normalized spacial score (nSPS) is 30.1. The number of guanidine groups is 2. The van der Waals surface area contributed by atoms with Crippen LogP contribution in [-0.4, -0.2) is 11.9 Å². The van der Waals surface area contributed by atoms with E-state index < -0.39 is 11.5 Å². The zero-order valence-electron chi connectivity index (χ0n) is 4.57. The highest BCUT2D eigenvalue weighted by atomic mass is 32.2. The Morgan fingerprint density at radius 2 is 2.11 bits per heavy atom. The molecule has 1 rings (SSSR count). The second-order valence-electron chi connectivity index (χ2n) is 1.41. The fraction of sp³-hybridized carbons (Fsp3) is 0. The lowest BCUT2D eigenvalue weighted by molar-refractivity contribution is 1.31. The van der Waals surface area contributed by atoms with E-state index in [1.54, 1.807) is 0 Å². The molecule has 0 radical (unpaired) electrons. The summed E-state index contributed by atoms with van der Waals surface area (Å²) in [5.41, 5.74) is 10.4. The Bertz CT molecular complexity index is 172. The van der Waals surface area contributed by atoms with Crippen molar-refractivity contribution in [2.24, 2.45) is 26.0 Å². The van der Waals surface area contributed by atoms with Crippen LogP contribution in [0.1, 0.15) is 0 Å². The molecule has 0 fully saturated rings. The lowest BCUT2D eigenvalue weighted by Crippen LogP contribution is -2.36. The van der Waals surface area contributed by atoms with Crippen LogP contribution in [0.2, 0.25) is 0 Å². The molecule has 0 aromatic rings. The van der Waals surface area contributed by atoms with Gasteiger partial charge in [0.1, 0.15) is 0 Å².